The number of carboxylic acid groups (broad SMARTS) is 1. The Morgan fingerprint density at radius 1 is 1.10 bits per heavy atom. The normalized spacial score (nSPS) is 19.6. The minimum atomic E-state index is -0.956. The zero-order valence-corrected chi connectivity index (χ0v) is 16.1. The molecule has 2 N–H and O–H groups in total. The lowest BCUT2D eigenvalue weighted by atomic mass is 9.99. The van der Waals surface area contributed by atoms with E-state index >= 15 is 0 Å². The summed E-state index contributed by atoms with van der Waals surface area (Å²) in [6.45, 7) is 0. The van der Waals surface area contributed by atoms with Crippen molar-refractivity contribution < 1.29 is 14.7 Å². The molecule has 3 heterocycles. The number of hydrogen-bond donors (Lipinski definition) is 2. The van der Waals surface area contributed by atoms with E-state index in [1.54, 1.807) is 17.2 Å². The number of carbonyl (C=O) groups excluding carboxylic acids is 1. The molecule has 0 fully saturated rings. The van der Waals surface area contributed by atoms with Gasteiger partial charge in [-0.2, -0.15) is 0 Å². The van der Waals surface area contributed by atoms with Gasteiger partial charge in [-0.15, -0.1) is 0 Å². The first-order chi connectivity index (χ1) is 14.1. The third kappa shape index (κ3) is 3.03. The van der Waals surface area contributed by atoms with Crippen LogP contribution in [0, 0.1) is 0 Å². The number of urea groups is 1. The first kappa shape index (κ1) is 17.8. The van der Waals surface area contributed by atoms with E-state index < -0.39 is 17.3 Å². The Hall–Kier alpha value is -3.32. The molecule has 3 aromatic rings. The van der Waals surface area contributed by atoms with Gasteiger partial charge in [0.15, 0.2) is 0 Å². The number of aromatic nitrogens is 1. The van der Waals surface area contributed by atoms with Gasteiger partial charge in [-0.25, -0.2) is 9.78 Å². The second-order valence-corrected chi connectivity index (χ2v) is 8.15. The van der Waals surface area contributed by atoms with E-state index in [0.717, 1.165) is 23.2 Å². The van der Waals surface area contributed by atoms with Crippen molar-refractivity contribution >= 4 is 35.1 Å². The minimum absolute atomic E-state index is 0.328. The molecule has 5 rings (SSSR count). The van der Waals surface area contributed by atoms with Crippen molar-refractivity contribution in [2.45, 2.75) is 22.7 Å². The third-order valence-electron chi connectivity index (χ3n) is 5.17. The SMILES string of the molecule is O=C(O)C1Sc2nccc3c2C1NC(=O)N3c1cccc(Cc2ccccc2)c1. The second-order valence-electron chi connectivity index (χ2n) is 7.02. The number of thioether (sulfide) groups is 1. The van der Waals surface area contributed by atoms with Crippen LogP contribution >= 0.6 is 11.8 Å². The van der Waals surface area contributed by atoms with Crippen LogP contribution in [0.25, 0.3) is 0 Å². The largest absolute Gasteiger partial charge is 0.480 e. The van der Waals surface area contributed by atoms with Crippen molar-refractivity contribution in [3.05, 3.63) is 83.6 Å². The van der Waals surface area contributed by atoms with Crippen LogP contribution in [0.5, 0.6) is 0 Å². The van der Waals surface area contributed by atoms with Crippen LogP contribution in [0.4, 0.5) is 16.2 Å². The van der Waals surface area contributed by atoms with Gasteiger partial charge >= 0.3 is 12.0 Å². The van der Waals surface area contributed by atoms with Gasteiger partial charge in [-0.05, 0) is 35.7 Å². The highest BCUT2D eigenvalue weighted by Gasteiger charge is 2.46. The van der Waals surface area contributed by atoms with Crippen LogP contribution in [0.2, 0.25) is 0 Å². The molecule has 0 saturated heterocycles. The fourth-order valence-electron chi connectivity index (χ4n) is 3.91. The van der Waals surface area contributed by atoms with Gasteiger partial charge in [0.1, 0.15) is 10.3 Å². The topological polar surface area (TPSA) is 82.5 Å². The quantitative estimate of drug-likeness (QED) is 0.684. The molecule has 2 aromatic carbocycles. The molecule has 2 atom stereocenters. The summed E-state index contributed by atoms with van der Waals surface area (Å²) >= 11 is 1.18. The molecular weight excluding hydrogens is 386 g/mol. The summed E-state index contributed by atoms with van der Waals surface area (Å²) < 4.78 is 0. The van der Waals surface area contributed by atoms with Crippen molar-refractivity contribution in [3.8, 4) is 0 Å². The number of rotatable bonds is 4. The molecule has 2 aliphatic heterocycles. The number of amides is 2. The first-order valence-corrected chi connectivity index (χ1v) is 10.1. The second kappa shape index (κ2) is 6.93. The molecule has 0 spiro atoms. The van der Waals surface area contributed by atoms with Crippen LogP contribution in [0.3, 0.4) is 0 Å². The molecule has 2 aliphatic rings. The molecule has 0 saturated carbocycles. The van der Waals surface area contributed by atoms with Crippen LogP contribution in [0.1, 0.15) is 22.7 Å². The smallest absolute Gasteiger partial charge is 0.327 e. The molecule has 2 amide bonds. The Bertz CT molecular complexity index is 1120. The fraction of sp³-hybridized carbons (Fsp3) is 0.136. The maximum atomic E-state index is 13.0. The van der Waals surface area contributed by atoms with Crippen molar-refractivity contribution in [3.63, 3.8) is 0 Å². The number of pyridine rings is 1. The summed E-state index contributed by atoms with van der Waals surface area (Å²) in [5.74, 6) is -0.956. The summed E-state index contributed by atoms with van der Waals surface area (Å²) in [5, 5.41) is 12.3. The van der Waals surface area contributed by atoms with E-state index in [9.17, 15) is 14.7 Å². The standard InChI is InChI=1S/C22H17N3O3S/c26-21(27)19-18-17-16(9-10-23-20(17)29-19)25(22(28)24-18)15-8-4-7-14(12-15)11-13-5-2-1-3-6-13/h1-10,12,18-19H,11H2,(H,24,28)(H,26,27). The lowest BCUT2D eigenvalue weighted by molar-refractivity contribution is -0.136. The van der Waals surface area contributed by atoms with E-state index in [-0.39, 0.29) is 6.03 Å². The maximum absolute atomic E-state index is 13.0. The van der Waals surface area contributed by atoms with Crippen molar-refractivity contribution in [2.24, 2.45) is 0 Å². The van der Waals surface area contributed by atoms with Gasteiger partial charge < -0.3 is 10.4 Å². The number of nitrogens with zero attached hydrogens (tertiary/aromatic N) is 2. The predicted octanol–water partition coefficient (Wildman–Crippen LogP) is 4.13. The zero-order valence-electron chi connectivity index (χ0n) is 15.3. The third-order valence-corrected chi connectivity index (χ3v) is 6.45. The predicted molar refractivity (Wildman–Crippen MR) is 111 cm³/mol. The van der Waals surface area contributed by atoms with E-state index in [1.165, 1.54) is 17.3 Å². The maximum Gasteiger partial charge on any atom is 0.327 e. The van der Waals surface area contributed by atoms with Crippen molar-refractivity contribution in [1.29, 1.82) is 0 Å². The molecule has 144 valence electrons. The van der Waals surface area contributed by atoms with Gasteiger partial charge in [-0.1, -0.05) is 54.2 Å². The molecule has 7 heteroatoms. The lowest BCUT2D eigenvalue weighted by Gasteiger charge is -2.33. The van der Waals surface area contributed by atoms with Crippen LogP contribution < -0.4 is 10.2 Å². The molecule has 0 aliphatic carbocycles. The number of carboxylic acids is 1. The minimum Gasteiger partial charge on any atom is -0.480 e. The van der Waals surface area contributed by atoms with Gasteiger partial charge in [0.05, 0.1) is 17.4 Å². The Kier molecular flexibility index (Phi) is 4.24. The van der Waals surface area contributed by atoms with E-state index in [4.69, 9.17) is 0 Å². The number of aliphatic carboxylic acids is 1. The number of nitrogens with one attached hydrogen (secondary N) is 1. The monoisotopic (exact) mass is 403 g/mol. The Balaban J connectivity index is 1.54. The fourth-order valence-corrected chi connectivity index (χ4v) is 5.07. The van der Waals surface area contributed by atoms with Crippen molar-refractivity contribution in [1.82, 2.24) is 10.3 Å². The van der Waals surface area contributed by atoms with Gasteiger partial charge in [0, 0.05) is 11.8 Å². The number of carbonyl (C=O) groups is 2. The van der Waals surface area contributed by atoms with Gasteiger partial charge in [0.2, 0.25) is 0 Å². The first-order valence-electron chi connectivity index (χ1n) is 9.23. The Morgan fingerprint density at radius 2 is 1.90 bits per heavy atom. The molecule has 0 radical (unpaired) electrons. The van der Waals surface area contributed by atoms with Crippen LogP contribution in [0.15, 0.2) is 71.9 Å². The average Bonchev–Trinajstić information content (AvgIpc) is 3.09. The highest BCUT2D eigenvalue weighted by Crippen LogP contribution is 2.50. The average molecular weight is 403 g/mol. The van der Waals surface area contributed by atoms with E-state index in [2.05, 4.69) is 22.4 Å². The number of anilines is 2. The Morgan fingerprint density at radius 3 is 2.69 bits per heavy atom. The van der Waals surface area contributed by atoms with Crippen LogP contribution in [-0.2, 0) is 11.2 Å². The highest BCUT2D eigenvalue weighted by atomic mass is 32.2. The summed E-state index contributed by atoms with van der Waals surface area (Å²) in [6.07, 6.45) is 2.39. The molecule has 6 nitrogen and oxygen atoms in total. The summed E-state index contributed by atoms with van der Waals surface area (Å²) in [6, 6.07) is 18.9. The van der Waals surface area contributed by atoms with E-state index in [0.29, 0.717) is 10.7 Å². The highest BCUT2D eigenvalue weighted by molar-refractivity contribution is 8.00. The summed E-state index contributed by atoms with van der Waals surface area (Å²) in [7, 11) is 0. The summed E-state index contributed by atoms with van der Waals surface area (Å²) in [5.41, 5.74) is 4.49. The van der Waals surface area contributed by atoms with Gasteiger partial charge in [0.25, 0.3) is 0 Å². The van der Waals surface area contributed by atoms with E-state index in [1.807, 2.05) is 42.5 Å². The molecule has 0 bridgehead atoms. The van der Waals surface area contributed by atoms with Crippen molar-refractivity contribution in [2.75, 3.05) is 4.90 Å². The number of hydrogen-bond acceptors (Lipinski definition) is 4. The lowest BCUT2D eigenvalue weighted by Crippen LogP contribution is -2.47. The molecule has 1 aromatic heterocycles. The summed E-state index contributed by atoms with van der Waals surface area (Å²) in [4.78, 5) is 30.6. The molecule has 2 unspecified atom stereocenters. The number of benzene rings is 2. The molecule has 29 heavy (non-hydrogen) atoms. The Labute approximate surface area is 171 Å². The van der Waals surface area contributed by atoms with Gasteiger partial charge in [-0.3, -0.25) is 9.69 Å². The van der Waals surface area contributed by atoms with Crippen LogP contribution in [-0.4, -0.2) is 27.3 Å². The molecular formula is C22H17N3O3S. The zero-order chi connectivity index (χ0) is 20.0.